The van der Waals surface area contributed by atoms with Crippen molar-refractivity contribution in [3.8, 4) is 11.5 Å². The van der Waals surface area contributed by atoms with Crippen LogP contribution in [0.5, 0.6) is 11.5 Å². The first-order valence-electron chi connectivity index (χ1n) is 10.1. The van der Waals surface area contributed by atoms with Crippen LogP contribution in [0.3, 0.4) is 0 Å². The van der Waals surface area contributed by atoms with E-state index in [1.54, 1.807) is 18.2 Å². The third-order valence-electron chi connectivity index (χ3n) is 4.93. The normalized spacial score (nSPS) is 10.9. The highest BCUT2D eigenvalue weighted by Crippen LogP contribution is 2.37. The number of nitro benzene ring substituents is 1. The van der Waals surface area contributed by atoms with Gasteiger partial charge in [0.2, 0.25) is 5.91 Å². The number of ether oxygens (including phenoxy) is 2. The molecular weight excluding hydrogens is 494 g/mol. The molecule has 0 spiro atoms. The topological polar surface area (TPSA) is 128 Å². The number of benzene rings is 3. The van der Waals surface area contributed by atoms with Crippen molar-refractivity contribution in [1.29, 1.82) is 0 Å². The minimum Gasteiger partial charge on any atom is -0.497 e. The summed E-state index contributed by atoms with van der Waals surface area (Å²) in [7, 11) is -1.80. The van der Waals surface area contributed by atoms with Gasteiger partial charge < -0.3 is 14.8 Å². The summed E-state index contributed by atoms with van der Waals surface area (Å²) in [6.45, 7) is -0.666. The first kappa shape index (κ1) is 25.8. The molecule has 184 valence electrons. The van der Waals surface area contributed by atoms with E-state index in [1.165, 1.54) is 56.3 Å². The number of thioether (sulfide) groups is 1. The highest BCUT2D eigenvalue weighted by Gasteiger charge is 2.34. The first-order chi connectivity index (χ1) is 16.7. The number of sulfonamides is 1. The fourth-order valence-corrected chi connectivity index (χ4v) is 5.32. The number of nitro groups is 1. The van der Waals surface area contributed by atoms with Crippen LogP contribution in [0.2, 0.25) is 0 Å². The average molecular weight is 518 g/mol. The number of rotatable bonds is 10. The van der Waals surface area contributed by atoms with Crippen LogP contribution in [0.1, 0.15) is 0 Å². The van der Waals surface area contributed by atoms with Crippen molar-refractivity contribution in [2.24, 2.45) is 0 Å². The molecule has 0 unspecified atom stereocenters. The minimum absolute atomic E-state index is 0.0134. The number of nitrogens with one attached hydrogen (secondary N) is 1. The van der Waals surface area contributed by atoms with Crippen LogP contribution in [0.15, 0.2) is 76.5 Å². The van der Waals surface area contributed by atoms with Crippen molar-refractivity contribution in [3.05, 3.63) is 76.8 Å². The zero-order valence-electron chi connectivity index (χ0n) is 19.1. The third-order valence-corrected chi connectivity index (χ3v) is 7.46. The smallest absolute Gasteiger partial charge is 0.289 e. The maximum atomic E-state index is 13.7. The number of methoxy groups -OCH3 is 2. The fourth-order valence-electron chi connectivity index (χ4n) is 3.27. The van der Waals surface area contributed by atoms with Crippen LogP contribution in [0.25, 0.3) is 0 Å². The van der Waals surface area contributed by atoms with E-state index in [1.807, 2.05) is 12.3 Å². The molecule has 0 aliphatic heterocycles. The molecular formula is C23H23N3O7S2. The number of nitrogens with zero attached hydrogens (tertiary/aromatic N) is 2. The van der Waals surface area contributed by atoms with Gasteiger partial charge in [0.25, 0.3) is 15.7 Å². The van der Waals surface area contributed by atoms with Gasteiger partial charge in [-0.15, -0.1) is 11.8 Å². The molecule has 0 aromatic heterocycles. The van der Waals surface area contributed by atoms with Gasteiger partial charge in [0.1, 0.15) is 18.0 Å². The summed E-state index contributed by atoms with van der Waals surface area (Å²) in [5, 5.41) is 14.2. The SMILES string of the molecule is COc1ccc(N(CC(=O)Nc2cccc(SC)c2)S(=O)(=O)c2ccccc2[N+](=O)[O-])c(OC)c1. The summed E-state index contributed by atoms with van der Waals surface area (Å²) in [4.78, 5) is 24.1. The van der Waals surface area contributed by atoms with E-state index in [-0.39, 0.29) is 11.4 Å². The Kier molecular flexibility index (Phi) is 8.20. The van der Waals surface area contributed by atoms with E-state index in [9.17, 15) is 23.3 Å². The lowest BCUT2D eigenvalue weighted by Crippen LogP contribution is -2.38. The van der Waals surface area contributed by atoms with Gasteiger partial charge in [-0.2, -0.15) is 0 Å². The maximum Gasteiger partial charge on any atom is 0.289 e. The van der Waals surface area contributed by atoms with Crippen LogP contribution < -0.4 is 19.1 Å². The van der Waals surface area contributed by atoms with Gasteiger partial charge in [-0.25, -0.2) is 8.42 Å². The van der Waals surface area contributed by atoms with E-state index in [4.69, 9.17) is 9.47 Å². The van der Waals surface area contributed by atoms with Crippen molar-refractivity contribution in [2.45, 2.75) is 9.79 Å². The molecule has 0 atom stereocenters. The van der Waals surface area contributed by atoms with Crippen LogP contribution in [-0.2, 0) is 14.8 Å². The molecule has 35 heavy (non-hydrogen) atoms. The molecule has 3 aromatic rings. The Morgan fingerprint density at radius 2 is 1.80 bits per heavy atom. The highest BCUT2D eigenvalue weighted by atomic mass is 32.2. The second-order valence-corrected chi connectivity index (χ2v) is 9.76. The molecule has 12 heteroatoms. The molecule has 0 aliphatic rings. The monoisotopic (exact) mass is 517 g/mol. The summed E-state index contributed by atoms with van der Waals surface area (Å²) < 4.78 is 38.7. The molecule has 10 nitrogen and oxygen atoms in total. The molecule has 3 rings (SSSR count). The first-order valence-corrected chi connectivity index (χ1v) is 12.8. The van der Waals surface area contributed by atoms with Crippen molar-refractivity contribution in [3.63, 3.8) is 0 Å². The Bertz CT molecular complexity index is 1350. The lowest BCUT2D eigenvalue weighted by Gasteiger charge is -2.25. The van der Waals surface area contributed by atoms with E-state index in [2.05, 4.69) is 5.32 Å². The summed E-state index contributed by atoms with van der Waals surface area (Å²) in [6.07, 6.45) is 1.89. The molecule has 3 aromatic carbocycles. The number of carbonyl (C=O) groups is 1. The Morgan fingerprint density at radius 1 is 1.06 bits per heavy atom. The lowest BCUT2D eigenvalue weighted by molar-refractivity contribution is -0.387. The van der Waals surface area contributed by atoms with Gasteiger partial charge in [-0.3, -0.25) is 19.2 Å². The Hall–Kier alpha value is -3.77. The van der Waals surface area contributed by atoms with Gasteiger partial charge >= 0.3 is 0 Å². The molecule has 1 amide bonds. The van der Waals surface area contributed by atoms with E-state index >= 15 is 0 Å². The van der Waals surface area contributed by atoms with Gasteiger partial charge in [0, 0.05) is 22.7 Å². The molecule has 0 radical (unpaired) electrons. The van der Waals surface area contributed by atoms with Gasteiger partial charge in [0.05, 0.1) is 24.8 Å². The van der Waals surface area contributed by atoms with Gasteiger partial charge in [-0.1, -0.05) is 18.2 Å². The number of para-hydroxylation sites is 1. The van der Waals surface area contributed by atoms with Crippen LogP contribution in [0, 0.1) is 10.1 Å². The number of hydrogen-bond donors (Lipinski definition) is 1. The summed E-state index contributed by atoms with van der Waals surface area (Å²) in [6, 6.07) is 16.4. The minimum atomic E-state index is -4.58. The van der Waals surface area contributed by atoms with Crippen molar-refractivity contribution in [1.82, 2.24) is 0 Å². The number of carbonyl (C=O) groups excluding carboxylic acids is 1. The molecule has 0 saturated heterocycles. The quantitative estimate of drug-likeness (QED) is 0.241. The second kappa shape index (κ2) is 11.1. The van der Waals surface area contributed by atoms with E-state index < -0.39 is 38.0 Å². The second-order valence-electron chi connectivity index (χ2n) is 7.05. The maximum absolute atomic E-state index is 13.7. The van der Waals surface area contributed by atoms with E-state index in [0.29, 0.717) is 11.4 Å². The molecule has 1 N–H and O–H groups in total. The van der Waals surface area contributed by atoms with Crippen molar-refractivity contribution in [2.75, 3.05) is 36.6 Å². The Labute approximate surface area is 207 Å². The zero-order chi connectivity index (χ0) is 25.6. The van der Waals surface area contributed by atoms with Crippen LogP contribution in [-0.4, -0.2) is 46.3 Å². The van der Waals surface area contributed by atoms with Crippen molar-refractivity contribution < 1.29 is 27.6 Å². The largest absolute Gasteiger partial charge is 0.497 e. The number of anilines is 2. The zero-order valence-corrected chi connectivity index (χ0v) is 20.8. The third kappa shape index (κ3) is 5.84. The molecule has 0 saturated carbocycles. The van der Waals surface area contributed by atoms with Crippen LogP contribution in [0.4, 0.5) is 17.1 Å². The molecule has 0 bridgehead atoms. The molecule has 0 fully saturated rings. The predicted molar refractivity (Wildman–Crippen MR) is 134 cm³/mol. The summed E-state index contributed by atoms with van der Waals surface area (Å²) >= 11 is 1.49. The summed E-state index contributed by atoms with van der Waals surface area (Å²) in [5.41, 5.74) is -0.121. The highest BCUT2D eigenvalue weighted by molar-refractivity contribution is 7.98. The lowest BCUT2D eigenvalue weighted by atomic mass is 10.2. The Balaban J connectivity index is 2.09. The standard InChI is InChI=1S/C23H23N3O7S2/c1-32-17-11-12-19(21(14-17)33-2)25(15-23(27)24-16-7-6-8-18(13-16)34-3)35(30,31)22-10-5-4-9-20(22)26(28)29/h4-14H,15H2,1-3H3,(H,24,27). The Morgan fingerprint density at radius 3 is 2.46 bits per heavy atom. The fraction of sp³-hybridized carbons (Fsp3) is 0.174. The van der Waals surface area contributed by atoms with Gasteiger partial charge in [-0.05, 0) is 42.7 Å². The summed E-state index contributed by atoms with van der Waals surface area (Å²) in [5.74, 6) is -0.154. The number of hydrogen-bond acceptors (Lipinski definition) is 8. The molecule has 0 aliphatic carbocycles. The number of amides is 1. The average Bonchev–Trinajstić information content (AvgIpc) is 2.86. The predicted octanol–water partition coefficient (Wildman–Crippen LogP) is 4.17. The van der Waals surface area contributed by atoms with Crippen LogP contribution >= 0.6 is 11.8 Å². The van der Waals surface area contributed by atoms with Crippen molar-refractivity contribution >= 4 is 44.8 Å². The van der Waals surface area contributed by atoms with Gasteiger partial charge in [0.15, 0.2) is 4.90 Å². The molecule has 0 heterocycles. The van der Waals surface area contributed by atoms with E-state index in [0.717, 1.165) is 21.3 Å².